The van der Waals surface area contributed by atoms with E-state index < -0.39 is 0 Å². The molecule has 2 saturated heterocycles. The Hall–Kier alpha value is -0.620. The van der Waals surface area contributed by atoms with Gasteiger partial charge in [0, 0.05) is 37.1 Å². The van der Waals surface area contributed by atoms with Crippen molar-refractivity contribution in [3.63, 3.8) is 0 Å². The molecule has 4 nitrogen and oxygen atoms in total. The van der Waals surface area contributed by atoms with Crippen molar-refractivity contribution in [1.82, 2.24) is 15.1 Å². The lowest BCUT2D eigenvalue weighted by molar-refractivity contribution is -0.135. The smallest absolute Gasteiger partial charge is 0.236 e. The number of halogens is 1. The highest BCUT2D eigenvalue weighted by molar-refractivity contribution is 7.10. The number of piperazine rings is 1. The highest BCUT2D eigenvalue weighted by Gasteiger charge is 2.30. The molecular formula is C14H20ClN3OS. The summed E-state index contributed by atoms with van der Waals surface area (Å²) in [6.07, 6.45) is 2.28. The summed E-state index contributed by atoms with van der Waals surface area (Å²) in [6, 6.07) is 2.33. The number of piperidine rings is 1. The molecule has 1 amide bonds. The number of likely N-dealkylation sites (tertiary alicyclic amines) is 1. The number of hydrogen-bond acceptors (Lipinski definition) is 4. The Kier molecular flexibility index (Phi) is 4.61. The van der Waals surface area contributed by atoms with Crippen LogP contribution >= 0.6 is 22.9 Å². The Labute approximate surface area is 128 Å². The van der Waals surface area contributed by atoms with E-state index in [0.717, 1.165) is 50.6 Å². The van der Waals surface area contributed by atoms with Crippen molar-refractivity contribution in [2.45, 2.75) is 25.4 Å². The molecule has 3 rings (SSSR count). The molecule has 6 heteroatoms. The molecule has 1 aromatic rings. The van der Waals surface area contributed by atoms with Crippen molar-refractivity contribution in [3.05, 3.63) is 21.3 Å². The summed E-state index contributed by atoms with van der Waals surface area (Å²) in [4.78, 5) is 17.7. The quantitative estimate of drug-likeness (QED) is 0.924. The van der Waals surface area contributed by atoms with E-state index in [4.69, 9.17) is 11.6 Å². The molecule has 1 aromatic heterocycles. The number of nitrogens with zero attached hydrogens (tertiary/aromatic N) is 2. The van der Waals surface area contributed by atoms with Gasteiger partial charge in [0.05, 0.1) is 11.6 Å². The van der Waals surface area contributed by atoms with E-state index >= 15 is 0 Å². The number of rotatable bonds is 3. The summed E-state index contributed by atoms with van der Waals surface area (Å²) in [7, 11) is 0. The molecule has 0 radical (unpaired) electrons. The average Bonchev–Trinajstić information content (AvgIpc) is 2.85. The van der Waals surface area contributed by atoms with Gasteiger partial charge in [0.2, 0.25) is 5.91 Å². The van der Waals surface area contributed by atoms with Crippen LogP contribution in [-0.4, -0.2) is 54.5 Å². The predicted octanol–water partition coefficient (Wildman–Crippen LogP) is 1.80. The van der Waals surface area contributed by atoms with Crippen molar-refractivity contribution in [2.75, 3.05) is 32.7 Å². The molecule has 3 heterocycles. The summed E-state index contributed by atoms with van der Waals surface area (Å²) < 4.78 is 0. The second-order valence-electron chi connectivity index (χ2n) is 5.49. The summed E-state index contributed by atoms with van der Waals surface area (Å²) in [5.41, 5.74) is 0. The third kappa shape index (κ3) is 3.17. The van der Waals surface area contributed by atoms with Crippen LogP contribution in [0.2, 0.25) is 5.02 Å². The van der Waals surface area contributed by atoms with E-state index in [1.165, 1.54) is 4.88 Å². The number of thiophene rings is 1. The van der Waals surface area contributed by atoms with Gasteiger partial charge in [0.15, 0.2) is 0 Å². The minimum atomic E-state index is 0.247. The van der Waals surface area contributed by atoms with Crippen LogP contribution in [0.25, 0.3) is 0 Å². The zero-order chi connectivity index (χ0) is 13.9. The van der Waals surface area contributed by atoms with Gasteiger partial charge in [-0.05, 0) is 30.8 Å². The number of carbonyl (C=O) groups is 1. The van der Waals surface area contributed by atoms with Crippen molar-refractivity contribution < 1.29 is 4.79 Å². The average molecular weight is 314 g/mol. The Morgan fingerprint density at radius 3 is 3.10 bits per heavy atom. The number of nitrogens with one attached hydrogen (secondary N) is 1. The van der Waals surface area contributed by atoms with Crippen LogP contribution in [-0.2, 0) is 11.3 Å². The molecule has 0 saturated carbocycles. The topological polar surface area (TPSA) is 35.6 Å². The Bertz CT molecular complexity index is 479. The van der Waals surface area contributed by atoms with Crippen molar-refractivity contribution >= 4 is 28.8 Å². The van der Waals surface area contributed by atoms with Gasteiger partial charge in [-0.3, -0.25) is 9.69 Å². The van der Waals surface area contributed by atoms with E-state index in [-0.39, 0.29) is 5.91 Å². The molecule has 0 aromatic carbocycles. The third-order valence-electron chi connectivity index (χ3n) is 4.11. The molecule has 110 valence electrons. The predicted molar refractivity (Wildman–Crippen MR) is 82.2 cm³/mol. The highest BCUT2D eigenvalue weighted by atomic mass is 35.5. The van der Waals surface area contributed by atoms with Gasteiger partial charge in [-0.15, -0.1) is 11.3 Å². The lowest BCUT2D eigenvalue weighted by Gasteiger charge is -2.41. The Morgan fingerprint density at radius 1 is 1.45 bits per heavy atom. The lowest BCUT2D eigenvalue weighted by atomic mass is 10.0. The van der Waals surface area contributed by atoms with Crippen LogP contribution in [0.15, 0.2) is 11.4 Å². The minimum Gasteiger partial charge on any atom is -0.336 e. The fourth-order valence-electron chi connectivity index (χ4n) is 3.08. The second-order valence-corrected chi connectivity index (χ2v) is 6.89. The molecule has 2 fully saturated rings. The SMILES string of the molecule is O=C1CNCCN1C1CCCN(Cc2sccc2Cl)C1. The second kappa shape index (κ2) is 6.43. The van der Waals surface area contributed by atoms with Crippen LogP contribution in [0.5, 0.6) is 0 Å². The molecule has 0 aliphatic carbocycles. The minimum absolute atomic E-state index is 0.247. The number of carbonyl (C=O) groups excluding carboxylic acids is 1. The molecule has 0 spiro atoms. The van der Waals surface area contributed by atoms with E-state index in [9.17, 15) is 4.79 Å². The van der Waals surface area contributed by atoms with Crippen LogP contribution in [0.4, 0.5) is 0 Å². The van der Waals surface area contributed by atoms with Gasteiger partial charge < -0.3 is 10.2 Å². The largest absolute Gasteiger partial charge is 0.336 e. The van der Waals surface area contributed by atoms with Gasteiger partial charge in [0.1, 0.15) is 0 Å². The summed E-state index contributed by atoms with van der Waals surface area (Å²) in [5, 5.41) is 6.05. The van der Waals surface area contributed by atoms with E-state index in [0.29, 0.717) is 12.6 Å². The Balaban J connectivity index is 1.61. The normalized spacial score (nSPS) is 25.1. The summed E-state index contributed by atoms with van der Waals surface area (Å²) in [6.45, 7) is 5.24. The maximum absolute atomic E-state index is 12.0. The maximum atomic E-state index is 12.0. The van der Waals surface area contributed by atoms with Gasteiger partial charge in [-0.1, -0.05) is 11.6 Å². The maximum Gasteiger partial charge on any atom is 0.236 e. The van der Waals surface area contributed by atoms with Crippen molar-refractivity contribution in [3.8, 4) is 0 Å². The molecule has 20 heavy (non-hydrogen) atoms. The fraction of sp³-hybridized carbons (Fsp3) is 0.643. The van der Waals surface area contributed by atoms with Gasteiger partial charge in [-0.2, -0.15) is 0 Å². The molecule has 2 aliphatic rings. The van der Waals surface area contributed by atoms with E-state index in [1.54, 1.807) is 11.3 Å². The monoisotopic (exact) mass is 313 g/mol. The highest BCUT2D eigenvalue weighted by Crippen LogP contribution is 2.26. The van der Waals surface area contributed by atoms with E-state index in [2.05, 4.69) is 15.1 Å². The van der Waals surface area contributed by atoms with Crippen LogP contribution in [0.1, 0.15) is 17.7 Å². The van der Waals surface area contributed by atoms with E-state index in [1.807, 2.05) is 11.4 Å². The number of amides is 1. The van der Waals surface area contributed by atoms with Crippen LogP contribution in [0, 0.1) is 0 Å². The van der Waals surface area contributed by atoms with Crippen molar-refractivity contribution in [2.24, 2.45) is 0 Å². The first kappa shape index (κ1) is 14.3. The first-order valence-electron chi connectivity index (χ1n) is 7.18. The first-order chi connectivity index (χ1) is 9.74. The third-order valence-corrected chi connectivity index (χ3v) is 5.48. The van der Waals surface area contributed by atoms with Gasteiger partial charge in [0.25, 0.3) is 0 Å². The van der Waals surface area contributed by atoms with Gasteiger partial charge >= 0.3 is 0 Å². The Morgan fingerprint density at radius 2 is 2.35 bits per heavy atom. The lowest BCUT2D eigenvalue weighted by Crippen LogP contribution is -2.56. The molecule has 1 unspecified atom stereocenters. The molecule has 2 aliphatic heterocycles. The van der Waals surface area contributed by atoms with Crippen LogP contribution in [0.3, 0.4) is 0 Å². The zero-order valence-corrected chi connectivity index (χ0v) is 13.1. The molecular weight excluding hydrogens is 294 g/mol. The first-order valence-corrected chi connectivity index (χ1v) is 8.44. The van der Waals surface area contributed by atoms with Crippen molar-refractivity contribution in [1.29, 1.82) is 0 Å². The van der Waals surface area contributed by atoms with Crippen LogP contribution < -0.4 is 5.32 Å². The fourth-order valence-corrected chi connectivity index (χ4v) is 4.21. The zero-order valence-electron chi connectivity index (χ0n) is 11.5. The standard InChI is InChI=1S/C14H20ClN3OS/c15-12-3-7-20-13(12)10-17-5-1-2-11(9-17)18-6-4-16-8-14(18)19/h3,7,11,16H,1-2,4-6,8-10H2. The molecule has 1 N–H and O–H groups in total. The molecule has 1 atom stereocenters. The summed E-state index contributed by atoms with van der Waals surface area (Å²) >= 11 is 7.89. The van der Waals surface area contributed by atoms with Gasteiger partial charge in [-0.25, -0.2) is 0 Å². The number of hydrogen-bond donors (Lipinski definition) is 1. The molecule has 0 bridgehead atoms. The summed E-state index contributed by atoms with van der Waals surface area (Å²) in [5.74, 6) is 0.247.